The number of carbonyl (C=O) groups is 1. The van der Waals surface area contributed by atoms with Crippen molar-refractivity contribution >= 4 is 11.7 Å². The number of urea groups is 1. The Morgan fingerprint density at radius 2 is 1.83 bits per heavy atom. The van der Waals surface area contributed by atoms with E-state index in [1.54, 1.807) is 25.2 Å². The van der Waals surface area contributed by atoms with E-state index in [1.165, 1.54) is 19.1 Å². The van der Waals surface area contributed by atoms with Gasteiger partial charge in [0.05, 0.1) is 20.8 Å². The number of nitrogens with zero attached hydrogens (tertiary/aromatic N) is 1. The highest BCUT2D eigenvalue weighted by Crippen LogP contribution is 2.25. The van der Waals surface area contributed by atoms with E-state index in [0.717, 1.165) is 0 Å². The van der Waals surface area contributed by atoms with Gasteiger partial charge in [-0.15, -0.1) is 0 Å². The predicted octanol–water partition coefficient (Wildman–Crippen LogP) is 1.16. The molecular weight excluding hydrogens is 236 g/mol. The van der Waals surface area contributed by atoms with Crippen molar-refractivity contribution in [3.05, 3.63) is 18.2 Å². The second-order valence-electron chi connectivity index (χ2n) is 3.68. The Labute approximate surface area is 106 Å². The van der Waals surface area contributed by atoms with Crippen molar-refractivity contribution in [2.24, 2.45) is 0 Å². The number of ether oxygens (including phenoxy) is 2. The van der Waals surface area contributed by atoms with Gasteiger partial charge in [0.1, 0.15) is 11.5 Å². The third-order valence-electron chi connectivity index (χ3n) is 2.38. The molecule has 0 heterocycles. The molecule has 0 bridgehead atoms. The van der Waals surface area contributed by atoms with Crippen LogP contribution in [0.4, 0.5) is 10.5 Å². The molecule has 6 nitrogen and oxygen atoms in total. The van der Waals surface area contributed by atoms with Crippen molar-refractivity contribution in [1.82, 2.24) is 4.90 Å². The molecular formula is C12H18N2O4. The minimum atomic E-state index is -0.306. The Balaban J connectivity index is 2.80. The van der Waals surface area contributed by atoms with Crippen LogP contribution in [0.15, 0.2) is 18.2 Å². The molecule has 0 saturated heterocycles. The largest absolute Gasteiger partial charge is 0.497 e. The minimum Gasteiger partial charge on any atom is -0.497 e. The molecule has 0 spiro atoms. The molecule has 2 amide bonds. The molecule has 0 unspecified atom stereocenters. The number of hydrogen-bond acceptors (Lipinski definition) is 4. The molecule has 0 atom stereocenters. The fraction of sp³-hybridized carbons (Fsp3) is 0.417. The first kappa shape index (κ1) is 14.1. The molecule has 0 radical (unpaired) electrons. The molecule has 0 aliphatic carbocycles. The van der Waals surface area contributed by atoms with Crippen molar-refractivity contribution in [3.8, 4) is 11.5 Å². The van der Waals surface area contributed by atoms with Crippen molar-refractivity contribution in [1.29, 1.82) is 0 Å². The summed E-state index contributed by atoms with van der Waals surface area (Å²) < 4.78 is 10.2. The van der Waals surface area contributed by atoms with Gasteiger partial charge in [0.25, 0.3) is 0 Å². The van der Waals surface area contributed by atoms with Crippen molar-refractivity contribution < 1.29 is 19.4 Å². The molecule has 0 saturated carbocycles. The highest BCUT2D eigenvalue weighted by Gasteiger charge is 2.09. The zero-order valence-electron chi connectivity index (χ0n) is 10.8. The second kappa shape index (κ2) is 6.70. The lowest BCUT2D eigenvalue weighted by Crippen LogP contribution is -2.33. The van der Waals surface area contributed by atoms with Gasteiger partial charge in [0.2, 0.25) is 0 Å². The highest BCUT2D eigenvalue weighted by molar-refractivity contribution is 5.89. The smallest absolute Gasteiger partial charge is 0.321 e. The summed E-state index contributed by atoms with van der Waals surface area (Å²) in [6, 6.07) is 4.78. The minimum absolute atomic E-state index is 0.0780. The van der Waals surface area contributed by atoms with Crippen LogP contribution in [0, 0.1) is 0 Å². The molecule has 1 aromatic carbocycles. The number of carbonyl (C=O) groups excluding carboxylic acids is 1. The number of aliphatic hydroxyl groups excluding tert-OH is 1. The highest BCUT2D eigenvalue weighted by atomic mass is 16.5. The molecule has 0 aliphatic rings. The Morgan fingerprint density at radius 3 is 2.28 bits per heavy atom. The fourth-order valence-electron chi connectivity index (χ4n) is 1.35. The molecule has 0 fully saturated rings. The summed E-state index contributed by atoms with van der Waals surface area (Å²) in [5.74, 6) is 1.18. The summed E-state index contributed by atoms with van der Waals surface area (Å²) in [7, 11) is 4.68. The Morgan fingerprint density at radius 1 is 1.28 bits per heavy atom. The van der Waals surface area contributed by atoms with Gasteiger partial charge in [-0.3, -0.25) is 0 Å². The van der Waals surface area contributed by atoms with E-state index in [1.807, 2.05) is 0 Å². The zero-order valence-corrected chi connectivity index (χ0v) is 10.8. The lowest BCUT2D eigenvalue weighted by atomic mass is 10.3. The quantitative estimate of drug-likeness (QED) is 0.827. The molecule has 1 rings (SSSR count). The number of methoxy groups -OCH3 is 2. The first-order chi connectivity index (χ1) is 8.60. The van der Waals surface area contributed by atoms with E-state index >= 15 is 0 Å². The topological polar surface area (TPSA) is 71.0 Å². The molecule has 18 heavy (non-hydrogen) atoms. The standard InChI is InChI=1S/C12H18N2O4/c1-14(4-5-15)12(16)13-9-6-10(17-2)8-11(7-9)18-3/h6-8,15H,4-5H2,1-3H3,(H,13,16). The molecule has 100 valence electrons. The summed E-state index contributed by atoms with van der Waals surface area (Å²) in [4.78, 5) is 13.1. The Kier molecular flexibility index (Phi) is 5.26. The van der Waals surface area contributed by atoms with E-state index in [0.29, 0.717) is 17.2 Å². The SMILES string of the molecule is COc1cc(NC(=O)N(C)CCO)cc(OC)c1. The van der Waals surface area contributed by atoms with Gasteiger partial charge >= 0.3 is 6.03 Å². The monoisotopic (exact) mass is 254 g/mol. The van der Waals surface area contributed by atoms with Crippen LogP contribution in [0.25, 0.3) is 0 Å². The van der Waals surface area contributed by atoms with Gasteiger partial charge in [0, 0.05) is 37.5 Å². The van der Waals surface area contributed by atoms with Crippen LogP contribution >= 0.6 is 0 Å². The van der Waals surface area contributed by atoms with Gasteiger partial charge in [-0.2, -0.15) is 0 Å². The average Bonchev–Trinajstić information content (AvgIpc) is 2.38. The van der Waals surface area contributed by atoms with Crippen LogP contribution in [0.2, 0.25) is 0 Å². The van der Waals surface area contributed by atoms with Gasteiger partial charge in [-0.1, -0.05) is 0 Å². The maximum Gasteiger partial charge on any atom is 0.321 e. The van der Waals surface area contributed by atoms with E-state index in [-0.39, 0.29) is 19.2 Å². The second-order valence-corrected chi connectivity index (χ2v) is 3.68. The van der Waals surface area contributed by atoms with E-state index < -0.39 is 0 Å². The molecule has 6 heteroatoms. The van der Waals surface area contributed by atoms with Crippen LogP contribution in [0.3, 0.4) is 0 Å². The number of benzene rings is 1. The molecule has 0 aliphatic heterocycles. The summed E-state index contributed by atoms with van der Waals surface area (Å²) >= 11 is 0. The number of aliphatic hydroxyl groups is 1. The number of anilines is 1. The van der Waals surface area contributed by atoms with Gasteiger partial charge in [-0.05, 0) is 0 Å². The van der Waals surface area contributed by atoms with Crippen molar-refractivity contribution in [2.75, 3.05) is 39.7 Å². The molecule has 2 N–H and O–H groups in total. The summed E-state index contributed by atoms with van der Waals surface area (Å²) in [5, 5.41) is 11.4. The number of nitrogens with one attached hydrogen (secondary N) is 1. The Hall–Kier alpha value is -1.95. The van der Waals surface area contributed by atoms with E-state index in [4.69, 9.17) is 14.6 Å². The number of amides is 2. The van der Waals surface area contributed by atoms with Crippen molar-refractivity contribution in [3.63, 3.8) is 0 Å². The summed E-state index contributed by atoms with van der Waals surface area (Å²) in [6.07, 6.45) is 0. The van der Waals surface area contributed by atoms with E-state index in [9.17, 15) is 4.79 Å². The van der Waals surface area contributed by atoms with Crippen molar-refractivity contribution in [2.45, 2.75) is 0 Å². The summed E-state index contributed by atoms with van der Waals surface area (Å²) in [5.41, 5.74) is 0.570. The van der Waals surface area contributed by atoms with Crippen LogP contribution in [0.5, 0.6) is 11.5 Å². The Bertz CT molecular complexity index is 387. The normalized spacial score (nSPS) is 9.78. The number of hydrogen-bond donors (Lipinski definition) is 2. The third-order valence-corrected chi connectivity index (χ3v) is 2.38. The third kappa shape index (κ3) is 3.81. The average molecular weight is 254 g/mol. The predicted molar refractivity (Wildman–Crippen MR) is 68.3 cm³/mol. The van der Waals surface area contributed by atoms with Crippen LogP contribution in [-0.2, 0) is 0 Å². The van der Waals surface area contributed by atoms with Gasteiger partial charge in [0.15, 0.2) is 0 Å². The number of likely N-dealkylation sites (N-methyl/N-ethyl adjacent to an activating group) is 1. The lowest BCUT2D eigenvalue weighted by molar-refractivity contribution is 0.202. The zero-order chi connectivity index (χ0) is 13.5. The van der Waals surface area contributed by atoms with Crippen LogP contribution in [0.1, 0.15) is 0 Å². The maximum atomic E-state index is 11.7. The fourth-order valence-corrected chi connectivity index (χ4v) is 1.35. The van der Waals surface area contributed by atoms with Crippen LogP contribution < -0.4 is 14.8 Å². The lowest BCUT2D eigenvalue weighted by Gasteiger charge is -2.17. The maximum absolute atomic E-state index is 11.7. The van der Waals surface area contributed by atoms with Gasteiger partial charge < -0.3 is 24.8 Å². The van der Waals surface area contributed by atoms with E-state index in [2.05, 4.69) is 5.32 Å². The first-order valence-corrected chi connectivity index (χ1v) is 5.46. The molecule has 0 aromatic heterocycles. The summed E-state index contributed by atoms with van der Waals surface area (Å²) in [6.45, 7) is 0.193. The molecule has 1 aromatic rings. The van der Waals surface area contributed by atoms with Gasteiger partial charge in [-0.25, -0.2) is 4.79 Å². The first-order valence-electron chi connectivity index (χ1n) is 5.46. The van der Waals surface area contributed by atoms with Crippen LogP contribution in [-0.4, -0.2) is 50.5 Å². The number of rotatable bonds is 5.